The number of likely N-dealkylation sites (N-methyl/N-ethyl adjacent to an activating group) is 1. The van der Waals surface area contributed by atoms with Gasteiger partial charge in [0.15, 0.2) is 0 Å². The van der Waals surface area contributed by atoms with Crippen molar-refractivity contribution in [1.82, 2.24) is 4.90 Å². The molecule has 0 saturated carbocycles. The van der Waals surface area contributed by atoms with Crippen LogP contribution in [-0.4, -0.2) is 31.4 Å². The zero-order valence-corrected chi connectivity index (χ0v) is 9.81. The van der Waals surface area contributed by atoms with Gasteiger partial charge in [-0.15, -0.1) is 0 Å². The maximum absolute atomic E-state index is 13.1. The standard InChI is InChI=1S/C10H13ClFN3O/c1-15(2)10(16)5-14-9-4-7(12)6(11)3-8(9)13/h3-4,14H,5,13H2,1-2H3. The van der Waals surface area contributed by atoms with E-state index in [-0.39, 0.29) is 17.5 Å². The summed E-state index contributed by atoms with van der Waals surface area (Å²) in [5.74, 6) is -0.703. The SMILES string of the molecule is CN(C)C(=O)CNc1cc(F)c(Cl)cc1N. The predicted octanol–water partition coefficient (Wildman–Crippen LogP) is 1.56. The van der Waals surface area contributed by atoms with E-state index in [1.54, 1.807) is 14.1 Å². The van der Waals surface area contributed by atoms with Crippen LogP contribution in [0.3, 0.4) is 0 Å². The van der Waals surface area contributed by atoms with Crippen molar-refractivity contribution in [2.24, 2.45) is 0 Å². The molecule has 0 aromatic heterocycles. The highest BCUT2D eigenvalue weighted by molar-refractivity contribution is 6.31. The van der Waals surface area contributed by atoms with Gasteiger partial charge in [0.2, 0.25) is 5.91 Å². The molecule has 1 rings (SSSR count). The van der Waals surface area contributed by atoms with E-state index in [1.807, 2.05) is 0 Å². The minimum absolute atomic E-state index is 0.0398. The molecule has 0 saturated heterocycles. The molecule has 0 bridgehead atoms. The van der Waals surface area contributed by atoms with Crippen molar-refractivity contribution >= 4 is 28.9 Å². The largest absolute Gasteiger partial charge is 0.397 e. The summed E-state index contributed by atoms with van der Waals surface area (Å²) >= 11 is 5.54. The number of nitrogen functional groups attached to an aromatic ring is 1. The van der Waals surface area contributed by atoms with Crippen LogP contribution in [0.4, 0.5) is 15.8 Å². The first-order valence-electron chi connectivity index (χ1n) is 4.60. The average Bonchev–Trinajstić information content (AvgIpc) is 2.20. The van der Waals surface area contributed by atoms with Gasteiger partial charge in [-0.1, -0.05) is 11.6 Å². The number of hydrogen-bond donors (Lipinski definition) is 2. The van der Waals surface area contributed by atoms with Crippen molar-refractivity contribution in [3.05, 3.63) is 23.0 Å². The molecule has 0 heterocycles. The van der Waals surface area contributed by atoms with Crippen LogP contribution >= 0.6 is 11.6 Å². The molecule has 88 valence electrons. The third kappa shape index (κ3) is 3.00. The van der Waals surface area contributed by atoms with Crippen molar-refractivity contribution in [2.45, 2.75) is 0 Å². The number of anilines is 2. The van der Waals surface area contributed by atoms with E-state index < -0.39 is 5.82 Å². The van der Waals surface area contributed by atoms with Gasteiger partial charge in [0, 0.05) is 20.2 Å². The Hall–Kier alpha value is -1.49. The summed E-state index contributed by atoms with van der Waals surface area (Å²) < 4.78 is 13.1. The highest BCUT2D eigenvalue weighted by Gasteiger charge is 2.08. The Bertz CT molecular complexity index is 409. The molecule has 0 spiro atoms. The van der Waals surface area contributed by atoms with Crippen LogP contribution in [0.2, 0.25) is 5.02 Å². The number of nitrogens with one attached hydrogen (secondary N) is 1. The van der Waals surface area contributed by atoms with Crippen LogP contribution in [-0.2, 0) is 4.79 Å². The first kappa shape index (κ1) is 12.6. The highest BCUT2D eigenvalue weighted by Crippen LogP contribution is 2.25. The van der Waals surface area contributed by atoms with Gasteiger partial charge in [-0.25, -0.2) is 4.39 Å². The van der Waals surface area contributed by atoms with Crippen molar-refractivity contribution in [1.29, 1.82) is 0 Å². The van der Waals surface area contributed by atoms with Gasteiger partial charge in [0.05, 0.1) is 22.9 Å². The minimum Gasteiger partial charge on any atom is -0.397 e. The first-order chi connectivity index (χ1) is 7.41. The van der Waals surface area contributed by atoms with Gasteiger partial charge in [-0.3, -0.25) is 4.79 Å². The number of hydrogen-bond acceptors (Lipinski definition) is 3. The Morgan fingerprint density at radius 3 is 2.75 bits per heavy atom. The number of halogens is 2. The fraction of sp³-hybridized carbons (Fsp3) is 0.300. The van der Waals surface area contributed by atoms with Crippen LogP contribution in [0.15, 0.2) is 12.1 Å². The first-order valence-corrected chi connectivity index (χ1v) is 4.98. The molecular weight excluding hydrogens is 233 g/mol. The molecule has 0 aliphatic heterocycles. The molecule has 1 amide bonds. The molecule has 1 aromatic carbocycles. The van der Waals surface area contributed by atoms with E-state index in [9.17, 15) is 9.18 Å². The average molecular weight is 246 g/mol. The van der Waals surface area contributed by atoms with Gasteiger partial charge in [-0.05, 0) is 6.07 Å². The van der Waals surface area contributed by atoms with Crippen molar-refractivity contribution < 1.29 is 9.18 Å². The molecule has 0 radical (unpaired) electrons. The maximum atomic E-state index is 13.1. The van der Waals surface area contributed by atoms with Crippen LogP contribution in [0.25, 0.3) is 0 Å². The summed E-state index contributed by atoms with van der Waals surface area (Å²) in [5, 5.41) is 2.71. The number of nitrogens with zero attached hydrogens (tertiary/aromatic N) is 1. The summed E-state index contributed by atoms with van der Waals surface area (Å²) in [6, 6.07) is 2.47. The van der Waals surface area contributed by atoms with Crippen molar-refractivity contribution in [2.75, 3.05) is 31.7 Å². The Labute approximate surface area is 98.2 Å². The molecule has 3 N–H and O–H groups in total. The monoisotopic (exact) mass is 245 g/mol. The number of rotatable bonds is 3. The number of carbonyl (C=O) groups excluding carboxylic acids is 1. The Morgan fingerprint density at radius 2 is 2.19 bits per heavy atom. The molecule has 4 nitrogen and oxygen atoms in total. The Morgan fingerprint density at radius 1 is 1.56 bits per heavy atom. The Kier molecular flexibility index (Phi) is 3.95. The third-order valence-corrected chi connectivity index (χ3v) is 2.31. The molecule has 1 aromatic rings. The lowest BCUT2D eigenvalue weighted by Crippen LogP contribution is -2.28. The zero-order valence-electron chi connectivity index (χ0n) is 9.05. The molecule has 16 heavy (non-hydrogen) atoms. The molecule has 0 unspecified atom stereocenters. The van der Waals surface area contributed by atoms with Crippen LogP contribution in [0.1, 0.15) is 0 Å². The van der Waals surface area contributed by atoms with Gasteiger partial charge in [0.1, 0.15) is 5.82 Å². The van der Waals surface area contributed by atoms with Crippen LogP contribution in [0, 0.1) is 5.82 Å². The fourth-order valence-electron chi connectivity index (χ4n) is 1.04. The molecule has 0 aliphatic carbocycles. The minimum atomic E-state index is -0.573. The summed E-state index contributed by atoms with van der Waals surface area (Å²) in [5.41, 5.74) is 6.28. The summed E-state index contributed by atoms with van der Waals surface area (Å²) in [6.07, 6.45) is 0. The Balaban J connectivity index is 2.75. The van der Waals surface area contributed by atoms with E-state index in [2.05, 4.69) is 5.32 Å². The van der Waals surface area contributed by atoms with Crippen LogP contribution < -0.4 is 11.1 Å². The topological polar surface area (TPSA) is 58.4 Å². The van der Waals surface area contributed by atoms with E-state index in [0.29, 0.717) is 11.4 Å². The lowest BCUT2D eigenvalue weighted by Gasteiger charge is -2.13. The van der Waals surface area contributed by atoms with Gasteiger partial charge in [-0.2, -0.15) is 0 Å². The molecule has 0 aliphatic rings. The summed E-state index contributed by atoms with van der Waals surface area (Å²) in [4.78, 5) is 12.7. The van der Waals surface area contributed by atoms with E-state index >= 15 is 0 Å². The predicted molar refractivity (Wildman–Crippen MR) is 63.0 cm³/mol. The third-order valence-electron chi connectivity index (χ3n) is 2.02. The fourth-order valence-corrected chi connectivity index (χ4v) is 1.22. The maximum Gasteiger partial charge on any atom is 0.241 e. The molecule has 0 fully saturated rings. The summed E-state index contributed by atoms with van der Waals surface area (Å²) in [6.45, 7) is 0.0538. The van der Waals surface area contributed by atoms with Gasteiger partial charge in [0.25, 0.3) is 0 Å². The molecule has 0 atom stereocenters. The number of benzene rings is 1. The van der Waals surface area contributed by atoms with E-state index in [4.69, 9.17) is 17.3 Å². The van der Waals surface area contributed by atoms with Crippen LogP contribution in [0.5, 0.6) is 0 Å². The number of carbonyl (C=O) groups is 1. The molecule has 6 heteroatoms. The van der Waals surface area contributed by atoms with Gasteiger partial charge < -0.3 is 16.0 Å². The lowest BCUT2D eigenvalue weighted by molar-refractivity contribution is -0.126. The highest BCUT2D eigenvalue weighted by atomic mass is 35.5. The second-order valence-electron chi connectivity index (χ2n) is 3.50. The molecular formula is C10H13ClFN3O. The second kappa shape index (κ2) is 5.03. The number of amides is 1. The zero-order chi connectivity index (χ0) is 12.3. The number of nitrogens with two attached hydrogens (primary N) is 1. The smallest absolute Gasteiger partial charge is 0.241 e. The van der Waals surface area contributed by atoms with E-state index in [1.165, 1.54) is 17.0 Å². The second-order valence-corrected chi connectivity index (χ2v) is 3.90. The quantitative estimate of drug-likeness (QED) is 0.795. The van der Waals surface area contributed by atoms with Crippen molar-refractivity contribution in [3.63, 3.8) is 0 Å². The summed E-state index contributed by atoms with van der Waals surface area (Å²) in [7, 11) is 3.27. The normalized spacial score (nSPS) is 10.0. The lowest BCUT2D eigenvalue weighted by atomic mass is 10.2. The van der Waals surface area contributed by atoms with Crippen molar-refractivity contribution in [3.8, 4) is 0 Å². The van der Waals surface area contributed by atoms with Gasteiger partial charge >= 0.3 is 0 Å². The van der Waals surface area contributed by atoms with E-state index in [0.717, 1.165) is 0 Å².